The quantitative estimate of drug-likeness (QED) is 0.452. The van der Waals surface area contributed by atoms with E-state index in [9.17, 15) is 0 Å². The first-order valence-corrected chi connectivity index (χ1v) is 7.18. The summed E-state index contributed by atoms with van der Waals surface area (Å²) in [5, 5.41) is 0. The van der Waals surface area contributed by atoms with Crippen LogP contribution in [-0.2, 0) is 0 Å². The van der Waals surface area contributed by atoms with Crippen molar-refractivity contribution < 1.29 is 0 Å². The second-order valence-corrected chi connectivity index (χ2v) is 5.23. The van der Waals surface area contributed by atoms with Gasteiger partial charge in [0.05, 0.1) is 0 Å². The number of rotatable bonds is 8. The fourth-order valence-corrected chi connectivity index (χ4v) is 2.75. The second-order valence-electron chi connectivity index (χ2n) is 4.85. The zero-order chi connectivity index (χ0) is 10.9. The molecule has 1 saturated heterocycles. The molecule has 1 unspecified atom stereocenters. The Kier molecular flexibility index (Phi) is 7.46. The van der Waals surface area contributed by atoms with E-state index in [1.807, 2.05) is 0 Å². The molecule has 1 aliphatic rings. The van der Waals surface area contributed by atoms with Crippen molar-refractivity contribution in [2.45, 2.75) is 51.9 Å². The molecule has 1 heterocycles. The van der Waals surface area contributed by atoms with E-state index >= 15 is 0 Å². The van der Waals surface area contributed by atoms with Crippen molar-refractivity contribution in [3.8, 4) is 0 Å². The van der Waals surface area contributed by atoms with E-state index in [0.29, 0.717) is 0 Å². The average molecular weight is 232 g/mol. The maximum Gasteiger partial charge on any atom is 0.0226 e. The predicted molar refractivity (Wildman–Crippen MR) is 68.6 cm³/mol. The predicted octanol–water partition coefficient (Wildman–Crippen LogP) is 3.91. The van der Waals surface area contributed by atoms with Crippen molar-refractivity contribution >= 4 is 11.6 Å². The van der Waals surface area contributed by atoms with Crippen LogP contribution in [-0.4, -0.2) is 30.4 Å². The minimum absolute atomic E-state index is 0.842. The Morgan fingerprint density at radius 2 is 2.00 bits per heavy atom. The number of unbranched alkanes of at least 4 members (excludes halogenated alkanes) is 4. The van der Waals surface area contributed by atoms with Gasteiger partial charge >= 0.3 is 0 Å². The van der Waals surface area contributed by atoms with Gasteiger partial charge in [-0.05, 0) is 38.3 Å². The smallest absolute Gasteiger partial charge is 0.0226 e. The molecule has 0 bridgehead atoms. The molecule has 0 aromatic carbocycles. The van der Waals surface area contributed by atoms with Crippen molar-refractivity contribution in [3.63, 3.8) is 0 Å². The van der Waals surface area contributed by atoms with Gasteiger partial charge in [-0.1, -0.05) is 32.6 Å². The highest BCUT2D eigenvalue weighted by molar-refractivity contribution is 6.17. The average Bonchev–Trinajstić information content (AvgIpc) is 2.66. The third-order valence-corrected chi connectivity index (χ3v) is 3.68. The summed E-state index contributed by atoms with van der Waals surface area (Å²) in [6.45, 7) is 6.22. The van der Waals surface area contributed by atoms with Gasteiger partial charge in [0.25, 0.3) is 0 Å². The maximum atomic E-state index is 5.77. The Hall–Kier alpha value is 0.250. The van der Waals surface area contributed by atoms with Crippen LogP contribution < -0.4 is 0 Å². The van der Waals surface area contributed by atoms with Crippen LogP contribution >= 0.6 is 11.6 Å². The van der Waals surface area contributed by atoms with E-state index in [2.05, 4.69) is 11.8 Å². The molecule has 1 aliphatic heterocycles. The van der Waals surface area contributed by atoms with Crippen molar-refractivity contribution in [2.24, 2.45) is 5.92 Å². The van der Waals surface area contributed by atoms with Crippen LogP contribution in [0.3, 0.4) is 0 Å². The molecule has 2 heteroatoms. The molecule has 1 rings (SSSR count). The Bertz CT molecular complexity index is 149. The fraction of sp³-hybridized carbons (Fsp3) is 1.00. The summed E-state index contributed by atoms with van der Waals surface area (Å²) in [5.74, 6) is 1.73. The number of alkyl halides is 1. The lowest BCUT2D eigenvalue weighted by Crippen LogP contribution is -2.22. The van der Waals surface area contributed by atoms with Gasteiger partial charge in [0.15, 0.2) is 0 Å². The third-order valence-electron chi connectivity index (χ3n) is 3.47. The lowest BCUT2D eigenvalue weighted by Gasteiger charge is -2.15. The van der Waals surface area contributed by atoms with E-state index in [1.165, 1.54) is 64.6 Å². The third kappa shape index (κ3) is 5.77. The minimum Gasteiger partial charge on any atom is -0.303 e. The molecule has 0 radical (unpaired) electrons. The van der Waals surface area contributed by atoms with Gasteiger partial charge in [-0.2, -0.15) is 0 Å². The monoisotopic (exact) mass is 231 g/mol. The molecular weight excluding hydrogens is 206 g/mol. The summed E-state index contributed by atoms with van der Waals surface area (Å²) >= 11 is 5.77. The van der Waals surface area contributed by atoms with E-state index in [1.54, 1.807) is 0 Å². The lowest BCUT2D eigenvalue weighted by molar-refractivity contribution is 0.313. The Labute approximate surface area is 100 Å². The number of nitrogens with zero attached hydrogens (tertiary/aromatic N) is 1. The molecule has 0 N–H and O–H groups in total. The molecule has 0 saturated carbocycles. The highest BCUT2D eigenvalue weighted by atomic mass is 35.5. The molecule has 0 aromatic heterocycles. The summed E-state index contributed by atoms with van der Waals surface area (Å²) in [4.78, 5) is 2.63. The topological polar surface area (TPSA) is 3.24 Å². The van der Waals surface area contributed by atoms with Gasteiger partial charge < -0.3 is 4.90 Å². The summed E-state index contributed by atoms with van der Waals surface area (Å²) in [7, 11) is 0. The Balaban J connectivity index is 1.94. The Morgan fingerprint density at radius 3 is 2.73 bits per heavy atom. The number of halogens is 1. The van der Waals surface area contributed by atoms with Crippen LogP contribution in [0.4, 0.5) is 0 Å². The highest BCUT2D eigenvalue weighted by Gasteiger charge is 2.20. The summed E-state index contributed by atoms with van der Waals surface area (Å²) in [5.41, 5.74) is 0. The van der Waals surface area contributed by atoms with E-state index in [-0.39, 0.29) is 0 Å². The van der Waals surface area contributed by atoms with Crippen molar-refractivity contribution in [1.82, 2.24) is 4.90 Å². The molecule has 0 aliphatic carbocycles. The van der Waals surface area contributed by atoms with Gasteiger partial charge in [-0.3, -0.25) is 0 Å². The molecule has 0 spiro atoms. The largest absolute Gasteiger partial charge is 0.303 e. The van der Waals surface area contributed by atoms with Gasteiger partial charge in [0.2, 0.25) is 0 Å². The van der Waals surface area contributed by atoms with Gasteiger partial charge in [-0.25, -0.2) is 0 Å². The Morgan fingerprint density at radius 1 is 1.20 bits per heavy atom. The normalized spacial score (nSPS) is 22.4. The minimum atomic E-state index is 0.842. The first-order valence-electron chi connectivity index (χ1n) is 6.65. The van der Waals surface area contributed by atoms with Crippen LogP contribution in [0.2, 0.25) is 0 Å². The lowest BCUT2D eigenvalue weighted by atomic mass is 10.1. The number of hydrogen-bond acceptors (Lipinski definition) is 1. The standard InChI is InChI=1S/C13H26ClN/c1-2-3-4-5-6-10-15-11-8-13(12-15)7-9-14/h13H,2-12H2,1H3. The first-order chi connectivity index (χ1) is 7.36. The molecule has 1 fully saturated rings. The molecule has 90 valence electrons. The van der Waals surface area contributed by atoms with Gasteiger partial charge in [-0.15, -0.1) is 11.6 Å². The van der Waals surface area contributed by atoms with Crippen LogP contribution in [0.5, 0.6) is 0 Å². The van der Waals surface area contributed by atoms with Crippen LogP contribution in [0.15, 0.2) is 0 Å². The van der Waals surface area contributed by atoms with Gasteiger partial charge in [0.1, 0.15) is 0 Å². The zero-order valence-corrected chi connectivity index (χ0v) is 10.9. The van der Waals surface area contributed by atoms with Crippen molar-refractivity contribution in [3.05, 3.63) is 0 Å². The fourth-order valence-electron chi connectivity index (χ4n) is 2.44. The molecule has 0 aromatic rings. The summed E-state index contributed by atoms with van der Waals surface area (Å²) < 4.78 is 0. The first kappa shape index (κ1) is 13.3. The van der Waals surface area contributed by atoms with Crippen LogP contribution in [0.25, 0.3) is 0 Å². The van der Waals surface area contributed by atoms with E-state index < -0.39 is 0 Å². The van der Waals surface area contributed by atoms with Crippen molar-refractivity contribution in [1.29, 1.82) is 0 Å². The molecule has 1 nitrogen and oxygen atoms in total. The van der Waals surface area contributed by atoms with E-state index in [0.717, 1.165) is 11.8 Å². The van der Waals surface area contributed by atoms with Crippen molar-refractivity contribution in [2.75, 3.05) is 25.5 Å². The van der Waals surface area contributed by atoms with E-state index in [4.69, 9.17) is 11.6 Å². The molecule has 15 heavy (non-hydrogen) atoms. The summed E-state index contributed by atoms with van der Waals surface area (Å²) in [6.07, 6.45) is 9.60. The highest BCUT2D eigenvalue weighted by Crippen LogP contribution is 2.20. The zero-order valence-electron chi connectivity index (χ0n) is 10.2. The van der Waals surface area contributed by atoms with Crippen LogP contribution in [0, 0.1) is 5.92 Å². The molecular formula is C13H26ClN. The summed E-state index contributed by atoms with van der Waals surface area (Å²) in [6, 6.07) is 0. The second kappa shape index (κ2) is 8.41. The van der Waals surface area contributed by atoms with Gasteiger partial charge in [0, 0.05) is 12.4 Å². The number of hydrogen-bond donors (Lipinski definition) is 0. The molecule has 0 amide bonds. The molecule has 1 atom stereocenters. The SMILES string of the molecule is CCCCCCCN1CCC(CCCl)C1. The number of likely N-dealkylation sites (tertiary alicyclic amines) is 1. The maximum absolute atomic E-state index is 5.77. The van der Waals surface area contributed by atoms with Crippen LogP contribution in [0.1, 0.15) is 51.9 Å².